The minimum Gasteiger partial charge on any atom is -0.481 e. The highest BCUT2D eigenvalue weighted by molar-refractivity contribution is 5.76. The fraction of sp³-hybridized carbons (Fsp3) is 0.812. The van der Waals surface area contributed by atoms with E-state index in [9.17, 15) is 35.4 Å². The molecule has 1 aromatic carbocycles. The number of aliphatic hydroxyl groups excluding tert-OH is 5. The highest BCUT2D eigenvalue weighted by Gasteiger charge is 2.77. The summed E-state index contributed by atoms with van der Waals surface area (Å²) >= 11 is 0. The Labute approximate surface area is 351 Å². The molecular weight excluding hydrogens is 751 g/mol. The van der Waals surface area contributed by atoms with Crippen molar-refractivity contribution < 1.29 is 49.6 Å². The average Bonchev–Trinajstić information content (AvgIpc) is 3.70. The Morgan fingerprint density at radius 2 is 1.53 bits per heavy atom. The van der Waals surface area contributed by atoms with Gasteiger partial charge in [-0.25, -0.2) is 0 Å². The number of ether oxygens (including phenoxy) is 3. The summed E-state index contributed by atoms with van der Waals surface area (Å²) < 4.78 is 19.7. The number of hydrogen-bond donors (Lipinski definition) is 7. The minimum atomic E-state index is -1.48. The number of nitrogens with one attached hydrogen (secondary N) is 1. The zero-order chi connectivity index (χ0) is 42.4. The van der Waals surface area contributed by atoms with Gasteiger partial charge in [-0.3, -0.25) is 4.79 Å². The lowest BCUT2D eigenvalue weighted by molar-refractivity contribution is -0.341. The highest BCUT2D eigenvalue weighted by Crippen LogP contribution is 2.82. The first kappa shape index (κ1) is 43.7. The number of carboxylic acid groups (broad SMARTS) is 1. The average molecular weight is 824 g/mol. The third kappa shape index (κ3) is 6.40. The number of aliphatic carboxylic acids is 1. The summed E-state index contributed by atoms with van der Waals surface area (Å²) in [5, 5.41) is 68.9. The van der Waals surface area contributed by atoms with Crippen molar-refractivity contribution in [3.8, 4) is 0 Å². The molecular formula is C48H73NO10. The number of hydrogen-bond acceptors (Lipinski definition) is 10. The smallest absolute Gasteiger partial charge is 0.310 e. The van der Waals surface area contributed by atoms with E-state index in [2.05, 4.69) is 70.3 Å². The number of fused-ring (bicyclic) bond motifs is 8. The van der Waals surface area contributed by atoms with Gasteiger partial charge < -0.3 is 50.2 Å². The van der Waals surface area contributed by atoms with Crippen LogP contribution in [0.25, 0.3) is 0 Å². The normalized spacial score (nSPS) is 47.7. The molecule has 0 amide bonds. The molecule has 11 nitrogen and oxygen atoms in total. The number of carboxylic acids is 1. The number of rotatable bonds is 10. The lowest BCUT2D eigenvalue weighted by Gasteiger charge is -2.77. The maximum atomic E-state index is 13.4. The molecule has 0 aromatic heterocycles. The van der Waals surface area contributed by atoms with Gasteiger partial charge in [0.25, 0.3) is 0 Å². The second-order valence-corrected chi connectivity index (χ2v) is 21.8. The molecule has 5 saturated carbocycles. The first-order valence-electron chi connectivity index (χ1n) is 22.7. The van der Waals surface area contributed by atoms with Crippen molar-refractivity contribution in [3.63, 3.8) is 0 Å². The Hall–Kier alpha value is -1.93. The minimum absolute atomic E-state index is 0.00529. The highest BCUT2D eigenvalue weighted by atomic mass is 16.7. The van der Waals surface area contributed by atoms with Crippen molar-refractivity contribution in [2.45, 2.75) is 162 Å². The fourth-order valence-electron chi connectivity index (χ4n) is 15.5. The predicted octanol–water partition coefficient (Wildman–Crippen LogP) is 5.73. The summed E-state index contributed by atoms with van der Waals surface area (Å²) in [6.45, 7) is 12.5. The van der Waals surface area contributed by atoms with E-state index in [1.165, 1.54) is 11.1 Å². The Kier molecular flexibility index (Phi) is 11.4. The van der Waals surface area contributed by atoms with Crippen molar-refractivity contribution in [1.82, 2.24) is 5.32 Å². The predicted molar refractivity (Wildman–Crippen MR) is 222 cm³/mol. The first-order chi connectivity index (χ1) is 27.9. The van der Waals surface area contributed by atoms with Crippen LogP contribution in [-0.4, -0.2) is 100 Å². The standard InChI is InChI=1S/C48H73NO10/c1-42(27-50)17-19-48(41(55)56)20-18-45(4)31(32(48)21-42)13-14-35-43(2)22-34(57-25-30-11-9-29(10-12-30)24-49-6)39(59-40-38(54)37(53)33(52)26-58-40)44(3,28-51)36(43)23-47(46(35,45)5)15-7-8-16-47/h9-13,32-40,49-54H,7-8,14-28H2,1-6H3,(H,55,56)/t32-,33+,34+,35-,36+,37-,38+,39+,40+,42+,43+,44-,45-,46+,48+/m0/s1. The van der Waals surface area contributed by atoms with E-state index in [4.69, 9.17) is 14.2 Å². The van der Waals surface area contributed by atoms with Crippen LogP contribution in [0.15, 0.2) is 35.9 Å². The van der Waals surface area contributed by atoms with Crippen LogP contribution in [0.5, 0.6) is 0 Å². The molecule has 1 aliphatic heterocycles. The molecule has 0 radical (unpaired) electrons. The summed E-state index contributed by atoms with van der Waals surface area (Å²) in [5.74, 6) is -0.625. The number of aliphatic hydroxyl groups is 5. The molecule has 7 aliphatic rings. The van der Waals surface area contributed by atoms with Crippen molar-refractivity contribution in [2.24, 2.45) is 55.7 Å². The van der Waals surface area contributed by atoms with Gasteiger partial charge in [-0.15, -0.1) is 0 Å². The van der Waals surface area contributed by atoms with E-state index in [1.807, 2.05) is 7.05 Å². The molecule has 6 fully saturated rings. The van der Waals surface area contributed by atoms with Gasteiger partial charge in [0.15, 0.2) is 6.29 Å². The summed E-state index contributed by atoms with van der Waals surface area (Å²) in [7, 11) is 1.92. The third-order valence-electron chi connectivity index (χ3n) is 19.1. The molecule has 1 spiro atoms. The number of allylic oxidation sites excluding steroid dienone is 2. The van der Waals surface area contributed by atoms with Gasteiger partial charge in [0, 0.05) is 18.6 Å². The molecule has 7 N–H and O–H groups in total. The van der Waals surface area contributed by atoms with Gasteiger partial charge in [0.2, 0.25) is 0 Å². The van der Waals surface area contributed by atoms with Gasteiger partial charge >= 0.3 is 5.97 Å². The molecule has 0 bridgehead atoms. The zero-order valence-electron chi connectivity index (χ0n) is 36.4. The van der Waals surface area contributed by atoms with Gasteiger partial charge in [0.05, 0.1) is 37.4 Å². The van der Waals surface area contributed by atoms with Crippen LogP contribution < -0.4 is 5.32 Å². The summed E-state index contributed by atoms with van der Waals surface area (Å²) in [5.41, 5.74) is 0.658. The van der Waals surface area contributed by atoms with Crippen LogP contribution in [0.3, 0.4) is 0 Å². The van der Waals surface area contributed by atoms with Crippen LogP contribution in [-0.2, 0) is 32.2 Å². The summed E-state index contributed by atoms with van der Waals surface area (Å²) in [6, 6.07) is 8.35. The van der Waals surface area contributed by atoms with E-state index < -0.39 is 53.6 Å². The Morgan fingerprint density at radius 1 is 0.847 bits per heavy atom. The lowest BCUT2D eigenvalue weighted by Crippen LogP contribution is -2.73. The second-order valence-electron chi connectivity index (χ2n) is 21.8. The topological polar surface area (TPSA) is 178 Å². The zero-order valence-corrected chi connectivity index (χ0v) is 36.4. The molecule has 1 saturated heterocycles. The van der Waals surface area contributed by atoms with Gasteiger partial charge in [0.1, 0.15) is 18.3 Å². The van der Waals surface area contributed by atoms with Crippen molar-refractivity contribution >= 4 is 5.97 Å². The van der Waals surface area contributed by atoms with Crippen LogP contribution in [0.2, 0.25) is 0 Å². The molecule has 1 aromatic rings. The molecule has 1 heterocycles. The largest absolute Gasteiger partial charge is 0.481 e. The van der Waals surface area contributed by atoms with Crippen LogP contribution in [0.1, 0.15) is 123 Å². The van der Waals surface area contributed by atoms with Gasteiger partial charge in [-0.1, -0.05) is 83.4 Å². The van der Waals surface area contributed by atoms with Gasteiger partial charge in [-0.05, 0) is 127 Å². The quantitative estimate of drug-likeness (QED) is 0.113. The molecule has 6 aliphatic carbocycles. The molecule has 8 rings (SSSR count). The maximum Gasteiger partial charge on any atom is 0.310 e. The molecule has 59 heavy (non-hydrogen) atoms. The molecule has 11 heteroatoms. The first-order valence-corrected chi connectivity index (χ1v) is 22.7. The summed E-state index contributed by atoms with van der Waals surface area (Å²) in [4.78, 5) is 13.4. The van der Waals surface area contributed by atoms with Crippen molar-refractivity contribution in [3.05, 3.63) is 47.0 Å². The molecule has 15 atom stereocenters. The lowest BCUT2D eigenvalue weighted by atomic mass is 9.28. The Balaban J connectivity index is 1.23. The Morgan fingerprint density at radius 3 is 2.17 bits per heavy atom. The molecule has 0 unspecified atom stereocenters. The van der Waals surface area contributed by atoms with E-state index in [1.54, 1.807) is 0 Å². The van der Waals surface area contributed by atoms with Crippen molar-refractivity contribution in [1.29, 1.82) is 0 Å². The van der Waals surface area contributed by atoms with E-state index in [0.717, 1.165) is 57.1 Å². The van der Waals surface area contributed by atoms with Crippen LogP contribution in [0.4, 0.5) is 0 Å². The fourth-order valence-corrected chi connectivity index (χ4v) is 15.5. The SMILES string of the molecule is CNCc1ccc(CO[C@@H]2C[C@@]3(C)[C@@H](CC4(CCCC4)[C@]4(C)[C@H]3CC=C3[C@@H]5C[C@](C)(CO)CC[C@@]5(C(=O)O)CC[C@@]34C)[C@](C)(CO)[C@@H]2O[C@H]2OC[C@@H](O)[C@H](O)[C@H]2O)cc1. The molecule has 330 valence electrons. The van der Waals surface area contributed by atoms with Crippen LogP contribution >= 0.6 is 0 Å². The maximum absolute atomic E-state index is 13.4. The van der Waals surface area contributed by atoms with E-state index in [-0.39, 0.29) is 64.6 Å². The number of carbonyl (C=O) groups is 1. The van der Waals surface area contributed by atoms with E-state index in [0.29, 0.717) is 38.7 Å². The van der Waals surface area contributed by atoms with E-state index >= 15 is 0 Å². The summed E-state index contributed by atoms with van der Waals surface area (Å²) in [6.07, 6.45) is 6.02. The number of benzene rings is 1. The van der Waals surface area contributed by atoms with Crippen molar-refractivity contribution in [2.75, 3.05) is 26.9 Å². The van der Waals surface area contributed by atoms with Gasteiger partial charge in [-0.2, -0.15) is 0 Å². The monoisotopic (exact) mass is 824 g/mol. The second kappa shape index (κ2) is 15.4. The van der Waals surface area contributed by atoms with Crippen LogP contribution in [0, 0.1) is 55.7 Å². The third-order valence-corrected chi connectivity index (χ3v) is 19.1. The Bertz CT molecular complexity index is 1750.